The standard InChI is InChI=1S/C17H19N5O7S.Na/c1-18-21(19-14-7-5-11(22(25)26)9-16(14)29-4)15-8-6-12(10-13(15)17(23)24)30(27,28)20(2)3;/h5-10H,1-4H3,(H-,18,19,23,24);/q;+1. The summed E-state index contributed by atoms with van der Waals surface area (Å²) in [5, 5.41) is 26.5. The van der Waals surface area contributed by atoms with E-state index in [0.29, 0.717) is 0 Å². The first-order valence-electron chi connectivity index (χ1n) is 8.29. The summed E-state index contributed by atoms with van der Waals surface area (Å²) in [5.74, 6) is -1.51. The van der Waals surface area contributed by atoms with Crippen molar-refractivity contribution in [2.45, 2.75) is 4.90 Å². The summed E-state index contributed by atoms with van der Waals surface area (Å²) in [6.07, 6.45) is 0. The second kappa shape index (κ2) is 10.6. The van der Waals surface area contributed by atoms with Gasteiger partial charge in [0, 0.05) is 31.0 Å². The van der Waals surface area contributed by atoms with Gasteiger partial charge >= 0.3 is 29.6 Å². The Morgan fingerprint density at radius 3 is 2.32 bits per heavy atom. The molecule has 0 saturated heterocycles. The topological polar surface area (TPSA) is 157 Å². The number of carboxylic acids is 1. The van der Waals surface area contributed by atoms with Gasteiger partial charge in [0.2, 0.25) is 10.0 Å². The van der Waals surface area contributed by atoms with Crippen LogP contribution in [-0.4, -0.2) is 56.7 Å². The van der Waals surface area contributed by atoms with Crippen LogP contribution in [0.2, 0.25) is 0 Å². The smallest absolute Gasteiger partial charge is 0.545 e. The number of hydrogen-bond donors (Lipinski definition) is 1. The fourth-order valence-corrected chi connectivity index (χ4v) is 3.38. The average molecular weight is 460 g/mol. The van der Waals surface area contributed by atoms with E-state index in [0.717, 1.165) is 15.2 Å². The van der Waals surface area contributed by atoms with Crippen molar-refractivity contribution in [2.75, 3.05) is 33.7 Å². The molecule has 0 saturated carbocycles. The first-order valence-corrected chi connectivity index (χ1v) is 9.73. The van der Waals surface area contributed by atoms with Gasteiger partial charge in [-0.25, -0.2) is 12.7 Å². The maximum atomic E-state index is 12.3. The predicted molar refractivity (Wildman–Crippen MR) is 103 cm³/mol. The van der Waals surface area contributed by atoms with E-state index in [1.807, 2.05) is 0 Å². The Balaban J connectivity index is 0.00000480. The number of carbonyl (C=O) groups is 1. The number of nitro benzene ring substituents is 1. The molecule has 31 heavy (non-hydrogen) atoms. The number of hydrazine groups is 1. The number of aromatic carboxylic acids is 1. The van der Waals surface area contributed by atoms with Crippen LogP contribution in [0.3, 0.4) is 0 Å². The molecule has 0 aliphatic carbocycles. The predicted octanol–water partition coefficient (Wildman–Crippen LogP) is -2.03. The Hall–Kier alpha value is -2.58. The van der Waals surface area contributed by atoms with Crippen molar-refractivity contribution in [3.8, 4) is 5.75 Å². The largest absolute Gasteiger partial charge is 1.00 e. The molecule has 160 valence electrons. The zero-order chi connectivity index (χ0) is 22.6. The molecule has 0 amide bonds. The number of methoxy groups -OCH3 is 1. The minimum atomic E-state index is -3.88. The van der Waals surface area contributed by atoms with E-state index in [1.165, 1.54) is 58.6 Å². The van der Waals surface area contributed by atoms with Crippen LogP contribution in [0, 0.1) is 10.1 Å². The van der Waals surface area contributed by atoms with Crippen molar-refractivity contribution in [3.63, 3.8) is 0 Å². The molecule has 0 radical (unpaired) electrons. The number of non-ortho nitro benzene ring substituents is 1. The number of azo groups is 1. The number of carboxylic acid groups (broad SMARTS) is 1. The zero-order valence-electron chi connectivity index (χ0n) is 17.5. The fourth-order valence-electron chi connectivity index (χ4n) is 2.45. The number of ether oxygens (including phenoxy) is 1. The summed E-state index contributed by atoms with van der Waals surface area (Å²) in [6, 6.07) is 7.21. The molecule has 0 heterocycles. The van der Waals surface area contributed by atoms with Gasteiger partial charge in [-0.3, -0.25) is 10.1 Å². The average Bonchev–Trinajstić information content (AvgIpc) is 2.71. The Morgan fingerprint density at radius 1 is 1.19 bits per heavy atom. The third-order valence-electron chi connectivity index (χ3n) is 4.02. The number of nitrogens with zero attached hydrogens (tertiary/aromatic N) is 4. The van der Waals surface area contributed by atoms with E-state index in [2.05, 4.69) is 10.5 Å². The van der Waals surface area contributed by atoms with Crippen molar-refractivity contribution in [1.82, 2.24) is 4.31 Å². The molecule has 14 heteroatoms. The number of nitrogens with one attached hydrogen (secondary N) is 1. The summed E-state index contributed by atoms with van der Waals surface area (Å²) in [5.41, 5.74) is 2.37. The summed E-state index contributed by atoms with van der Waals surface area (Å²) in [4.78, 5) is 22.8. The molecule has 2 rings (SSSR count). The molecule has 1 N–H and O–H groups in total. The van der Waals surface area contributed by atoms with E-state index in [1.54, 1.807) is 0 Å². The molecule has 0 aliphatic heterocycles. The number of nitro groups is 1. The van der Waals surface area contributed by atoms with E-state index in [-0.39, 0.29) is 57.3 Å². The molecule has 2 aromatic rings. The maximum Gasteiger partial charge on any atom is 1.00 e. The molecule has 0 unspecified atom stereocenters. The van der Waals surface area contributed by atoms with Crippen molar-refractivity contribution in [1.29, 1.82) is 0 Å². The van der Waals surface area contributed by atoms with Crippen LogP contribution in [-0.2, 0) is 10.0 Å². The maximum absolute atomic E-state index is 12.3. The monoisotopic (exact) mass is 460 g/mol. The molecule has 0 spiro atoms. The Labute approximate surface area is 200 Å². The van der Waals surface area contributed by atoms with E-state index in [9.17, 15) is 28.4 Å². The molecule has 0 atom stereocenters. The minimum absolute atomic E-state index is 0. The van der Waals surface area contributed by atoms with E-state index in [4.69, 9.17) is 4.74 Å². The van der Waals surface area contributed by atoms with Crippen LogP contribution in [0.25, 0.3) is 0 Å². The van der Waals surface area contributed by atoms with Crippen molar-refractivity contribution >= 4 is 33.1 Å². The summed E-state index contributed by atoms with van der Waals surface area (Å²) in [6.45, 7) is 0. The van der Waals surface area contributed by atoms with Crippen LogP contribution >= 0.6 is 0 Å². The van der Waals surface area contributed by atoms with Crippen molar-refractivity contribution in [2.24, 2.45) is 5.11 Å². The third-order valence-corrected chi connectivity index (χ3v) is 5.83. The molecule has 0 aromatic heterocycles. The number of anilines is 1. The third kappa shape index (κ3) is 5.77. The van der Waals surface area contributed by atoms with Gasteiger partial charge in [0.05, 0.1) is 41.6 Å². The van der Waals surface area contributed by atoms with Crippen LogP contribution in [0.15, 0.2) is 46.4 Å². The van der Waals surface area contributed by atoms with Crippen molar-refractivity contribution in [3.05, 3.63) is 52.1 Å². The number of carbonyl (C=O) groups excluding carboxylic acids is 1. The first kappa shape index (κ1) is 26.5. The number of sulfonamides is 1. The number of rotatable bonds is 8. The quantitative estimate of drug-likeness (QED) is 0.155. The second-order valence-corrected chi connectivity index (χ2v) is 8.17. The van der Waals surface area contributed by atoms with Gasteiger partial charge in [0.15, 0.2) is 5.75 Å². The van der Waals surface area contributed by atoms with E-state index >= 15 is 0 Å². The van der Waals surface area contributed by atoms with Gasteiger partial charge in [0.25, 0.3) is 11.4 Å². The number of hydrogen-bond acceptors (Lipinski definition) is 8. The Morgan fingerprint density at radius 2 is 1.84 bits per heavy atom. The summed E-state index contributed by atoms with van der Waals surface area (Å²) in [7, 11) is 1.43. The Bertz CT molecular complexity index is 1140. The van der Waals surface area contributed by atoms with Crippen LogP contribution in [0.1, 0.15) is 10.4 Å². The van der Waals surface area contributed by atoms with Crippen LogP contribution in [0.5, 0.6) is 5.75 Å². The molecule has 0 fully saturated rings. The van der Waals surface area contributed by atoms with Crippen LogP contribution < -0.4 is 44.8 Å². The number of benzene rings is 2. The minimum Gasteiger partial charge on any atom is -0.545 e. The zero-order valence-corrected chi connectivity index (χ0v) is 20.3. The molecule has 0 bridgehead atoms. The van der Waals surface area contributed by atoms with Gasteiger partial charge in [-0.2, -0.15) is 0 Å². The molecular formula is C17H19N5NaO7S+. The fraction of sp³-hybridized carbons (Fsp3) is 0.235. The van der Waals surface area contributed by atoms with Crippen molar-refractivity contribution < 1.29 is 62.3 Å². The normalized spacial score (nSPS) is 11.6. The van der Waals surface area contributed by atoms with Gasteiger partial charge in [0.1, 0.15) is 5.69 Å². The molecular weight excluding hydrogens is 441 g/mol. The molecule has 0 aliphatic rings. The Kier molecular flexibility index (Phi) is 9.08. The molecule has 12 nitrogen and oxygen atoms in total. The van der Waals surface area contributed by atoms with Gasteiger partial charge in [-0.1, -0.05) is 0 Å². The first-order chi connectivity index (χ1) is 14.0. The summed E-state index contributed by atoms with van der Waals surface area (Å²) >= 11 is 0. The van der Waals surface area contributed by atoms with Gasteiger partial charge in [-0.15, -0.1) is 5.43 Å². The van der Waals surface area contributed by atoms with Crippen LogP contribution in [0.4, 0.5) is 17.1 Å². The van der Waals surface area contributed by atoms with Gasteiger partial charge < -0.3 is 14.6 Å². The van der Waals surface area contributed by atoms with E-state index < -0.39 is 26.5 Å². The second-order valence-electron chi connectivity index (χ2n) is 6.02. The SMILES string of the molecule is CN=[N+](Nc1ccc([N+](=O)[O-])cc1OC)c1ccc(S(=O)(=O)N(C)C)cc1C(=O)[O-].[Na+]. The van der Waals surface area contributed by atoms with Gasteiger partial charge in [-0.05, 0) is 23.3 Å². The summed E-state index contributed by atoms with van der Waals surface area (Å²) < 4.78 is 30.7. The molecule has 2 aromatic carbocycles.